The Labute approximate surface area is 153 Å². The van der Waals surface area contributed by atoms with Crippen LogP contribution in [0.2, 0.25) is 0 Å². The number of aliphatic hydroxyl groups is 1. The maximum Gasteiger partial charge on any atom is 0.180 e. The molecule has 0 saturated carbocycles. The van der Waals surface area contributed by atoms with Crippen LogP contribution in [0.25, 0.3) is 11.5 Å². The van der Waals surface area contributed by atoms with Crippen LogP contribution in [0.5, 0.6) is 0 Å². The van der Waals surface area contributed by atoms with E-state index in [1.54, 1.807) is 6.20 Å². The number of aromatic nitrogens is 3. The molecule has 0 atom stereocenters. The molecule has 2 heterocycles. The Kier molecular flexibility index (Phi) is 4.88. The molecule has 2 aromatic heterocycles. The maximum absolute atomic E-state index is 9.13. The van der Waals surface area contributed by atoms with Gasteiger partial charge in [0.1, 0.15) is 11.5 Å². The van der Waals surface area contributed by atoms with Crippen LogP contribution in [0.3, 0.4) is 0 Å². The smallest absolute Gasteiger partial charge is 0.180 e. The van der Waals surface area contributed by atoms with E-state index in [1.807, 2.05) is 30.3 Å². The van der Waals surface area contributed by atoms with Crippen LogP contribution in [0.4, 0.5) is 5.82 Å². The van der Waals surface area contributed by atoms with Crippen molar-refractivity contribution in [2.75, 3.05) is 11.9 Å². The minimum Gasteiger partial charge on any atom is -0.392 e. The van der Waals surface area contributed by atoms with Gasteiger partial charge in [0.05, 0.1) is 6.61 Å². The number of hydrogen-bond acceptors (Lipinski definition) is 5. The number of nitrogens with one attached hydrogen (secondary N) is 1. The summed E-state index contributed by atoms with van der Waals surface area (Å²) in [6.45, 7) is 0.894. The second kappa shape index (κ2) is 7.62. The number of fused-ring (bicyclic) bond motifs is 1. The quantitative estimate of drug-likeness (QED) is 0.717. The molecule has 0 bridgehead atoms. The van der Waals surface area contributed by atoms with E-state index in [9.17, 15) is 0 Å². The van der Waals surface area contributed by atoms with Gasteiger partial charge < -0.3 is 10.4 Å². The highest BCUT2D eigenvalue weighted by molar-refractivity contribution is 5.57. The molecule has 0 spiro atoms. The van der Waals surface area contributed by atoms with Gasteiger partial charge in [0.2, 0.25) is 0 Å². The predicted molar refractivity (Wildman–Crippen MR) is 102 cm³/mol. The molecule has 4 rings (SSSR count). The average molecular weight is 346 g/mol. The Hall–Kier alpha value is -2.79. The first kappa shape index (κ1) is 16.7. The number of benzene rings is 1. The van der Waals surface area contributed by atoms with Crippen LogP contribution < -0.4 is 5.32 Å². The molecule has 5 nitrogen and oxygen atoms in total. The lowest BCUT2D eigenvalue weighted by molar-refractivity contribution is 0.282. The molecule has 1 aliphatic rings. The van der Waals surface area contributed by atoms with Crippen molar-refractivity contribution in [2.45, 2.75) is 32.3 Å². The Morgan fingerprint density at radius 3 is 2.58 bits per heavy atom. The fourth-order valence-corrected chi connectivity index (χ4v) is 3.32. The number of anilines is 1. The molecule has 3 aromatic rings. The molecule has 2 N–H and O–H groups in total. The van der Waals surface area contributed by atoms with Gasteiger partial charge in [0.25, 0.3) is 0 Å². The van der Waals surface area contributed by atoms with Crippen LogP contribution in [-0.2, 0) is 25.9 Å². The zero-order valence-electron chi connectivity index (χ0n) is 14.7. The van der Waals surface area contributed by atoms with Crippen molar-refractivity contribution in [1.82, 2.24) is 15.0 Å². The van der Waals surface area contributed by atoms with Crippen molar-refractivity contribution in [3.63, 3.8) is 0 Å². The Balaban J connectivity index is 1.51. The summed E-state index contributed by atoms with van der Waals surface area (Å²) in [6.07, 6.45) is 5.85. The van der Waals surface area contributed by atoms with E-state index in [2.05, 4.69) is 22.4 Å². The number of aryl methyl sites for hydroxylation is 1. The first-order valence-corrected chi connectivity index (χ1v) is 9.07. The largest absolute Gasteiger partial charge is 0.392 e. The van der Waals surface area contributed by atoms with Gasteiger partial charge in [-0.3, -0.25) is 4.98 Å². The van der Waals surface area contributed by atoms with Crippen LogP contribution in [0.1, 0.15) is 28.8 Å². The van der Waals surface area contributed by atoms with Gasteiger partial charge in [0, 0.05) is 24.0 Å². The van der Waals surface area contributed by atoms with E-state index in [1.165, 1.54) is 11.1 Å². The summed E-state index contributed by atoms with van der Waals surface area (Å²) in [4.78, 5) is 13.9. The van der Waals surface area contributed by atoms with E-state index in [4.69, 9.17) is 15.1 Å². The molecule has 132 valence electrons. The first-order valence-electron chi connectivity index (χ1n) is 9.07. The van der Waals surface area contributed by atoms with Crippen LogP contribution >= 0.6 is 0 Å². The van der Waals surface area contributed by atoms with Gasteiger partial charge in [-0.1, -0.05) is 30.3 Å². The number of hydrogen-bond donors (Lipinski definition) is 2. The summed E-state index contributed by atoms with van der Waals surface area (Å²) >= 11 is 0. The highest BCUT2D eigenvalue weighted by Crippen LogP contribution is 2.28. The maximum atomic E-state index is 9.13. The van der Waals surface area contributed by atoms with Gasteiger partial charge in [-0.05, 0) is 48.9 Å². The molecule has 0 fully saturated rings. The average Bonchev–Trinajstić information content (AvgIpc) is 3.18. The number of pyridine rings is 1. The third-order valence-corrected chi connectivity index (χ3v) is 4.74. The van der Waals surface area contributed by atoms with Crippen LogP contribution in [0, 0.1) is 0 Å². The summed E-state index contributed by atoms with van der Waals surface area (Å²) in [7, 11) is 0. The van der Waals surface area contributed by atoms with Crippen LogP contribution in [0.15, 0.2) is 48.7 Å². The van der Waals surface area contributed by atoms with E-state index >= 15 is 0 Å². The third kappa shape index (κ3) is 3.58. The lowest BCUT2D eigenvalue weighted by atomic mass is 10.1. The molecular weight excluding hydrogens is 324 g/mol. The standard InChI is InChI=1S/C21H22N4O/c26-14-16-9-7-15(8-10-16)11-13-23-20-17-4-3-6-18(17)24-21(25-20)19-5-1-2-12-22-19/h1-2,5,7-10,12,26H,3-4,6,11,13-14H2,(H,23,24,25). The van der Waals surface area contributed by atoms with Gasteiger partial charge in [-0.25, -0.2) is 9.97 Å². The summed E-state index contributed by atoms with van der Waals surface area (Å²) in [5.74, 6) is 1.64. The summed E-state index contributed by atoms with van der Waals surface area (Å²) in [6, 6.07) is 13.9. The fourth-order valence-electron chi connectivity index (χ4n) is 3.32. The van der Waals surface area contributed by atoms with Gasteiger partial charge >= 0.3 is 0 Å². The lowest BCUT2D eigenvalue weighted by Gasteiger charge is -2.12. The molecule has 26 heavy (non-hydrogen) atoms. The first-order chi connectivity index (χ1) is 12.8. The molecule has 0 saturated heterocycles. The Bertz CT molecular complexity index is 879. The molecular formula is C21H22N4O. The summed E-state index contributed by atoms with van der Waals surface area (Å²) < 4.78 is 0. The van der Waals surface area contributed by atoms with E-state index in [0.29, 0.717) is 5.82 Å². The van der Waals surface area contributed by atoms with Crippen molar-refractivity contribution >= 4 is 5.82 Å². The molecule has 0 amide bonds. The second-order valence-corrected chi connectivity index (χ2v) is 6.54. The molecule has 5 heteroatoms. The van der Waals surface area contributed by atoms with Crippen molar-refractivity contribution in [1.29, 1.82) is 0 Å². The molecule has 0 unspecified atom stereocenters. The molecule has 1 aromatic carbocycles. The number of rotatable bonds is 6. The highest BCUT2D eigenvalue weighted by atomic mass is 16.3. The zero-order valence-corrected chi connectivity index (χ0v) is 14.7. The summed E-state index contributed by atoms with van der Waals surface area (Å²) in [5, 5.41) is 12.6. The summed E-state index contributed by atoms with van der Waals surface area (Å²) in [5.41, 5.74) is 5.39. The normalized spacial score (nSPS) is 12.8. The second-order valence-electron chi connectivity index (χ2n) is 6.54. The van der Waals surface area contributed by atoms with Gasteiger partial charge in [-0.15, -0.1) is 0 Å². The van der Waals surface area contributed by atoms with Crippen molar-refractivity contribution in [2.24, 2.45) is 0 Å². The Morgan fingerprint density at radius 2 is 1.81 bits per heavy atom. The number of nitrogens with zero attached hydrogens (tertiary/aromatic N) is 3. The topological polar surface area (TPSA) is 70.9 Å². The predicted octanol–water partition coefficient (Wildman–Crippen LogP) is 3.17. The molecule has 1 aliphatic carbocycles. The Morgan fingerprint density at radius 1 is 0.962 bits per heavy atom. The van der Waals surface area contributed by atoms with E-state index < -0.39 is 0 Å². The van der Waals surface area contributed by atoms with Crippen molar-refractivity contribution in [3.05, 3.63) is 71.0 Å². The van der Waals surface area contributed by atoms with Crippen molar-refractivity contribution in [3.8, 4) is 11.5 Å². The lowest BCUT2D eigenvalue weighted by Crippen LogP contribution is -2.10. The third-order valence-electron chi connectivity index (χ3n) is 4.74. The van der Waals surface area contributed by atoms with Gasteiger partial charge in [0.15, 0.2) is 5.82 Å². The van der Waals surface area contributed by atoms with Crippen molar-refractivity contribution < 1.29 is 5.11 Å². The van der Waals surface area contributed by atoms with Gasteiger partial charge in [-0.2, -0.15) is 0 Å². The zero-order chi connectivity index (χ0) is 17.8. The van der Waals surface area contributed by atoms with E-state index in [-0.39, 0.29) is 6.61 Å². The SMILES string of the molecule is OCc1ccc(CCNc2nc(-c3ccccn3)nc3c2CCC3)cc1. The minimum absolute atomic E-state index is 0.0852. The fraction of sp³-hybridized carbons (Fsp3) is 0.286. The monoisotopic (exact) mass is 346 g/mol. The minimum atomic E-state index is 0.0852. The molecule has 0 radical (unpaired) electrons. The van der Waals surface area contributed by atoms with E-state index in [0.717, 1.165) is 55.0 Å². The number of aliphatic hydroxyl groups excluding tert-OH is 1. The van der Waals surface area contributed by atoms with Crippen LogP contribution in [-0.4, -0.2) is 26.6 Å². The molecule has 0 aliphatic heterocycles. The highest BCUT2D eigenvalue weighted by Gasteiger charge is 2.20.